The third-order valence-corrected chi connectivity index (χ3v) is 4.28. The Morgan fingerprint density at radius 2 is 1.74 bits per heavy atom. The summed E-state index contributed by atoms with van der Waals surface area (Å²) in [6.45, 7) is 4.78. The zero-order chi connectivity index (χ0) is 16.7. The summed E-state index contributed by atoms with van der Waals surface area (Å²) in [5.74, 6) is 1.09. The molecule has 2 rings (SSSR count). The fourth-order valence-electron chi connectivity index (χ4n) is 2.68. The summed E-state index contributed by atoms with van der Waals surface area (Å²) in [6, 6.07) is 17.8. The molecule has 1 amide bonds. The van der Waals surface area contributed by atoms with Crippen LogP contribution in [0, 0.1) is 5.92 Å². The number of ether oxygens (including phenoxy) is 1. The second kappa shape index (κ2) is 8.37. The van der Waals surface area contributed by atoms with Gasteiger partial charge in [-0.2, -0.15) is 0 Å². The molecule has 2 atom stereocenters. The molecule has 1 N–H and O–H groups in total. The van der Waals surface area contributed by atoms with Crippen molar-refractivity contribution in [3.05, 3.63) is 65.7 Å². The van der Waals surface area contributed by atoms with Crippen LogP contribution in [0.3, 0.4) is 0 Å². The lowest BCUT2D eigenvalue weighted by atomic mass is 9.85. The summed E-state index contributed by atoms with van der Waals surface area (Å²) in [4.78, 5) is 12.7. The van der Waals surface area contributed by atoms with Crippen LogP contribution in [-0.2, 0) is 11.3 Å². The van der Waals surface area contributed by atoms with E-state index in [9.17, 15) is 4.79 Å². The molecular formula is C20H25NO2. The SMILES string of the molecule is CCC(C)C(C(=O)NCc1ccc(OC)cc1)c1ccccc1. The number of hydrogen-bond acceptors (Lipinski definition) is 2. The van der Waals surface area contributed by atoms with Crippen molar-refractivity contribution in [2.45, 2.75) is 32.7 Å². The van der Waals surface area contributed by atoms with Crippen LogP contribution in [0.1, 0.15) is 37.3 Å². The summed E-state index contributed by atoms with van der Waals surface area (Å²) in [7, 11) is 1.65. The molecule has 0 aliphatic heterocycles. The van der Waals surface area contributed by atoms with Crippen molar-refractivity contribution >= 4 is 5.91 Å². The number of carbonyl (C=O) groups is 1. The number of benzene rings is 2. The number of amides is 1. The molecule has 0 heterocycles. The monoisotopic (exact) mass is 311 g/mol. The van der Waals surface area contributed by atoms with E-state index in [1.54, 1.807) is 7.11 Å². The Morgan fingerprint density at radius 1 is 1.09 bits per heavy atom. The Bertz CT molecular complexity index is 607. The van der Waals surface area contributed by atoms with Crippen LogP contribution >= 0.6 is 0 Å². The summed E-state index contributed by atoms with van der Waals surface area (Å²) >= 11 is 0. The number of methoxy groups -OCH3 is 1. The summed E-state index contributed by atoms with van der Waals surface area (Å²) in [5, 5.41) is 3.07. The van der Waals surface area contributed by atoms with Crippen LogP contribution in [0.15, 0.2) is 54.6 Å². The zero-order valence-corrected chi connectivity index (χ0v) is 14.1. The molecule has 0 radical (unpaired) electrons. The van der Waals surface area contributed by atoms with Crippen LogP contribution in [0.25, 0.3) is 0 Å². The van der Waals surface area contributed by atoms with E-state index in [0.29, 0.717) is 12.5 Å². The van der Waals surface area contributed by atoms with E-state index in [4.69, 9.17) is 4.74 Å². The van der Waals surface area contributed by atoms with Crippen molar-refractivity contribution < 1.29 is 9.53 Å². The molecule has 23 heavy (non-hydrogen) atoms. The fourth-order valence-corrected chi connectivity index (χ4v) is 2.68. The second-order valence-corrected chi connectivity index (χ2v) is 5.84. The van der Waals surface area contributed by atoms with Gasteiger partial charge >= 0.3 is 0 Å². The van der Waals surface area contributed by atoms with Crippen LogP contribution in [0.2, 0.25) is 0 Å². The van der Waals surface area contributed by atoms with Gasteiger partial charge in [0, 0.05) is 6.54 Å². The first-order valence-electron chi connectivity index (χ1n) is 8.11. The van der Waals surface area contributed by atoms with E-state index in [1.165, 1.54) is 0 Å². The average Bonchev–Trinajstić information content (AvgIpc) is 2.61. The van der Waals surface area contributed by atoms with E-state index in [2.05, 4.69) is 19.2 Å². The minimum Gasteiger partial charge on any atom is -0.497 e. The van der Waals surface area contributed by atoms with E-state index < -0.39 is 0 Å². The lowest BCUT2D eigenvalue weighted by Crippen LogP contribution is -2.32. The van der Waals surface area contributed by atoms with Crippen molar-refractivity contribution in [1.29, 1.82) is 0 Å². The molecule has 2 unspecified atom stereocenters. The number of rotatable bonds is 7. The van der Waals surface area contributed by atoms with Gasteiger partial charge in [0.05, 0.1) is 13.0 Å². The minimum absolute atomic E-state index is 0.0846. The van der Waals surface area contributed by atoms with Crippen molar-refractivity contribution in [2.24, 2.45) is 5.92 Å². The zero-order valence-electron chi connectivity index (χ0n) is 14.1. The maximum Gasteiger partial charge on any atom is 0.228 e. The standard InChI is InChI=1S/C20H25NO2/c1-4-15(2)19(17-8-6-5-7-9-17)20(22)21-14-16-10-12-18(23-3)13-11-16/h5-13,15,19H,4,14H2,1-3H3,(H,21,22). The lowest BCUT2D eigenvalue weighted by Gasteiger charge is -2.23. The molecular weight excluding hydrogens is 286 g/mol. The van der Waals surface area contributed by atoms with Crippen LogP contribution in [0.5, 0.6) is 5.75 Å². The highest BCUT2D eigenvalue weighted by atomic mass is 16.5. The van der Waals surface area contributed by atoms with E-state index in [1.807, 2.05) is 54.6 Å². The van der Waals surface area contributed by atoms with Crippen LogP contribution in [-0.4, -0.2) is 13.0 Å². The minimum atomic E-state index is -0.112. The van der Waals surface area contributed by atoms with Crippen molar-refractivity contribution in [1.82, 2.24) is 5.32 Å². The molecule has 0 saturated carbocycles. The molecule has 2 aromatic carbocycles. The topological polar surface area (TPSA) is 38.3 Å². The molecule has 2 aromatic rings. The van der Waals surface area contributed by atoms with Crippen molar-refractivity contribution in [3.8, 4) is 5.75 Å². The van der Waals surface area contributed by atoms with Gasteiger partial charge in [0.15, 0.2) is 0 Å². The Hall–Kier alpha value is -2.29. The van der Waals surface area contributed by atoms with Gasteiger partial charge < -0.3 is 10.1 Å². The second-order valence-electron chi connectivity index (χ2n) is 5.84. The molecule has 0 aromatic heterocycles. The normalized spacial score (nSPS) is 13.2. The molecule has 3 nitrogen and oxygen atoms in total. The first-order chi connectivity index (χ1) is 11.2. The highest BCUT2D eigenvalue weighted by molar-refractivity contribution is 5.83. The van der Waals surface area contributed by atoms with E-state index >= 15 is 0 Å². The molecule has 0 aliphatic rings. The molecule has 0 spiro atoms. The average molecular weight is 311 g/mol. The number of hydrogen-bond donors (Lipinski definition) is 1. The third-order valence-electron chi connectivity index (χ3n) is 4.28. The largest absolute Gasteiger partial charge is 0.497 e. The van der Waals surface area contributed by atoms with Crippen LogP contribution < -0.4 is 10.1 Å². The summed E-state index contributed by atoms with van der Waals surface area (Å²) in [6.07, 6.45) is 0.968. The van der Waals surface area contributed by atoms with Gasteiger partial charge in [-0.25, -0.2) is 0 Å². The maximum absolute atomic E-state index is 12.7. The molecule has 0 aliphatic carbocycles. The third kappa shape index (κ3) is 4.59. The predicted octanol–water partition coefficient (Wildman–Crippen LogP) is 4.14. The smallest absolute Gasteiger partial charge is 0.228 e. The Kier molecular flexibility index (Phi) is 6.21. The Balaban J connectivity index is 2.05. The maximum atomic E-state index is 12.7. The molecule has 3 heteroatoms. The van der Waals surface area contributed by atoms with Gasteiger partial charge in [-0.3, -0.25) is 4.79 Å². The molecule has 0 saturated heterocycles. The Morgan fingerprint density at radius 3 is 2.30 bits per heavy atom. The van der Waals surface area contributed by atoms with E-state index in [0.717, 1.165) is 23.3 Å². The van der Waals surface area contributed by atoms with Gasteiger partial charge in [-0.15, -0.1) is 0 Å². The highest BCUT2D eigenvalue weighted by Gasteiger charge is 2.25. The first kappa shape index (κ1) is 17.1. The lowest BCUT2D eigenvalue weighted by molar-refractivity contribution is -0.123. The van der Waals surface area contributed by atoms with Gasteiger partial charge in [-0.05, 0) is 29.2 Å². The van der Waals surface area contributed by atoms with Gasteiger partial charge in [0.25, 0.3) is 0 Å². The van der Waals surface area contributed by atoms with Gasteiger partial charge in [0.1, 0.15) is 5.75 Å². The molecule has 0 bridgehead atoms. The Labute approximate surface area is 138 Å². The molecule has 0 fully saturated rings. The fraction of sp³-hybridized carbons (Fsp3) is 0.350. The molecule has 122 valence electrons. The van der Waals surface area contributed by atoms with Crippen molar-refractivity contribution in [3.63, 3.8) is 0 Å². The quantitative estimate of drug-likeness (QED) is 0.834. The summed E-state index contributed by atoms with van der Waals surface area (Å²) in [5.41, 5.74) is 2.14. The highest BCUT2D eigenvalue weighted by Crippen LogP contribution is 2.27. The van der Waals surface area contributed by atoms with Crippen LogP contribution in [0.4, 0.5) is 0 Å². The number of nitrogens with one attached hydrogen (secondary N) is 1. The van der Waals surface area contributed by atoms with Crippen molar-refractivity contribution in [2.75, 3.05) is 7.11 Å². The van der Waals surface area contributed by atoms with Gasteiger partial charge in [0.2, 0.25) is 5.91 Å². The van der Waals surface area contributed by atoms with Gasteiger partial charge in [-0.1, -0.05) is 62.7 Å². The number of carbonyl (C=O) groups excluding carboxylic acids is 1. The summed E-state index contributed by atoms with van der Waals surface area (Å²) < 4.78 is 5.15. The predicted molar refractivity (Wildman–Crippen MR) is 93.5 cm³/mol. The van der Waals surface area contributed by atoms with E-state index in [-0.39, 0.29) is 11.8 Å². The first-order valence-corrected chi connectivity index (χ1v) is 8.11.